The largest absolute Gasteiger partial charge is 0.518 e. The maximum atomic E-state index is 13.6. The van der Waals surface area contributed by atoms with Crippen LogP contribution in [0.1, 0.15) is 90.4 Å². The van der Waals surface area contributed by atoms with Crippen LogP contribution in [-0.4, -0.2) is 44.4 Å². The van der Waals surface area contributed by atoms with Crippen LogP contribution in [0, 0.1) is 5.92 Å². The van der Waals surface area contributed by atoms with Crippen LogP contribution in [0.25, 0.3) is 0 Å². The summed E-state index contributed by atoms with van der Waals surface area (Å²) in [7, 11) is -0.162. The van der Waals surface area contributed by atoms with Crippen molar-refractivity contribution in [1.29, 1.82) is 0 Å². The van der Waals surface area contributed by atoms with E-state index in [1.165, 1.54) is 83.5 Å². The SMILES string of the molecule is CO[Si](CC(C)C(=O)O[Si](C1CCCCC1)(C1CCCC1)C1CCCC1)(OC)OC. The molecule has 174 valence electrons. The molecule has 5 nitrogen and oxygen atoms in total. The molecule has 7 heteroatoms. The van der Waals surface area contributed by atoms with E-state index in [0.717, 1.165) is 0 Å². The summed E-state index contributed by atoms with van der Waals surface area (Å²) in [5, 5.41) is 0. The maximum Gasteiger partial charge on any atom is 0.501 e. The average Bonchev–Trinajstić information content (AvgIpc) is 3.51. The number of carbonyl (C=O) groups is 1. The Morgan fingerprint density at radius 3 is 1.47 bits per heavy atom. The van der Waals surface area contributed by atoms with Crippen molar-refractivity contribution in [2.45, 2.75) is 113 Å². The lowest BCUT2D eigenvalue weighted by molar-refractivity contribution is -0.139. The molecule has 3 saturated carbocycles. The normalized spacial score (nSPS) is 23.7. The lowest BCUT2D eigenvalue weighted by Crippen LogP contribution is -2.54. The molecule has 0 radical (unpaired) electrons. The molecule has 30 heavy (non-hydrogen) atoms. The summed E-state index contributed by atoms with van der Waals surface area (Å²) < 4.78 is 23.7. The minimum absolute atomic E-state index is 0.00550. The van der Waals surface area contributed by atoms with Gasteiger partial charge in [-0.25, -0.2) is 0 Å². The zero-order valence-electron chi connectivity index (χ0n) is 19.8. The second kappa shape index (κ2) is 11.1. The monoisotopic (exact) mass is 456 g/mol. The van der Waals surface area contributed by atoms with Crippen LogP contribution in [0.4, 0.5) is 0 Å². The van der Waals surface area contributed by atoms with Crippen molar-refractivity contribution in [3.63, 3.8) is 0 Å². The van der Waals surface area contributed by atoms with Gasteiger partial charge in [0.05, 0.1) is 5.92 Å². The molecule has 3 rings (SSSR count). The fraction of sp³-hybridized carbons (Fsp3) is 0.957. The van der Waals surface area contributed by atoms with Gasteiger partial charge >= 0.3 is 8.80 Å². The second-order valence-corrected chi connectivity index (χ2v) is 17.3. The van der Waals surface area contributed by atoms with Crippen LogP contribution < -0.4 is 0 Å². The third-order valence-electron chi connectivity index (χ3n) is 8.40. The molecule has 3 aliphatic rings. The summed E-state index contributed by atoms with van der Waals surface area (Å²) in [5.41, 5.74) is 2.02. The summed E-state index contributed by atoms with van der Waals surface area (Å²) in [6, 6.07) is 0.486. The minimum atomic E-state index is -2.81. The fourth-order valence-corrected chi connectivity index (χ4v) is 15.7. The second-order valence-electron chi connectivity index (χ2n) is 9.97. The van der Waals surface area contributed by atoms with Gasteiger partial charge in [-0.2, -0.15) is 0 Å². The van der Waals surface area contributed by atoms with Gasteiger partial charge < -0.3 is 17.7 Å². The Bertz CT molecular complexity index is 511. The van der Waals surface area contributed by atoms with Crippen molar-refractivity contribution in [2.24, 2.45) is 5.92 Å². The summed E-state index contributed by atoms with van der Waals surface area (Å²) in [4.78, 5) is 13.6. The number of carbonyl (C=O) groups excluding carboxylic acids is 1. The van der Waals surface area contributed by atoms with Crippen molar-refractivity contribution in [2.75, 3.05) is 21.3 Å². The summed E-state index contributed by atoms with van der Waals surface area (Å²) in [5.74, 6) is -0.260. The molecular weight excluding hydrogens is 412 g/mol. The fourth-order valence-electron chi connectivity index (χ4n) is 6.79. The van der Waals surface area contributed by atoms with E-state index in [1.54, 1.807) is 21.3 Å². The Balaban J connectivity index is 1.86. The van der Waals surface area contributed by atoms with Gasteiger partial charge in [0, 0.05) is 27.4 Å². The lowest BCUT2D eigenvalue weighted by Gasteiger charge is -2.48. The molecule has 0 heterocycles. The zero-order valence-corrected chi connectivity index (χ0v) is 21.8. The average molecular weight is 457 g/mol. The summed E-state index contributed by atoms with van der Waals surface area (Å²) in [6.45, 7) is 1.98. The van der Waals surface area contributed by atoms with E-state index in [2.05, 4.69) is 0 Å². The van der Waals surface area contributed by atoms with Gasteiger partial charge in [-0.15, -0.1) is 0 Å². The number of hydrogen-bond donors (Lipinski definition) is 0. The smallest absolute Gasteiger partial charge is 0.501 e. The predicted octanol–water partition coefficient (Wildman–Crippen LogP) is 6.21. The van der Waals surface area contributed by atoms with E-state index in [4.69, 9.17) is 17.7 Å². The highest BCUT2D eigenvalue weighted by atomic mass is 28.4. The summed E-state index contributed by atoms with van der Waals surface area (Å²) in [6.07, 6.45) is 17.0. The van der Waals surface area contributed by atoms with Gasteiger partial charge in [0.25, 0.3) is 14.3 Å². The first kappa shape index (κ1) is 24.4. The van der Waals surface area contributed by atoms with Crippen molar-refractivity contribution >= 4 is 23.1 Å². The maximum absolute atomic E-state index is 13.6. The van der Waals surface area contributed by atoms with Crippen molar-refractivity contribution in [3.05, 3.63) is 0 Å². The van der Waals surface area contributed by atoms with Gasteiger partial charge in [0.2, 0.25) is 0 Å². The molecule has 0 aromatic rings. The molecule has 0 aromatic heterocycles. The molecule has 0 N–H and O–H groups in total. The highest BCUT2D eigenvalue weighted by molar-refractivity contribution is 6.79. The molecule has 3 fully saturated rings. The lowest BCUT2D eigenvalue weighted by atomic mass is 10.0. The first-order valence-corrected chi connectivity index (χ1v) is 16.5. The van der Waals surface area contributed by atoms with Gasteiger partial charge in [0.15, 0.2) is 0 Å². The predicted molar refractivity (Wildman–Crippen MR) is 124 cm³/mol. The van der Waals surface area contributed by atoms with Crippen LogP contribution in [0.15, 0.2) is 0 Å². The zero-order chi connectivity index (χ0) is 21.6. The van der Waals surface area contributed by atoms with E-state index in [0.29, 0.717) is 22.7 Å². The number of rotatable bonds is 10. The molecule has 0 amide bonds. The van der Waals surface area contributed by atoms with Gasteiger partial charge in [-0.3, -0.25) is 4.79 Å². The van der Waals surface area contributed by atoms with Gasteiger partial charge in [-0.1, -0.05) is 51.9 Å². The van der Waals surface area contributed by atoms with Crippen LogP contribution in [-0.2, 0) is 22.5 Å². The highest BCUT2D eigenvalue weighted by Crippen LogP contribution is 2.58. The Morgan fingerprint density at radius 2 is 1.10 bits per heavy atom. The number of hydrogen-bond acceptors (Lipinski definition) is 5. The Morgan fingerprint density at radius 1 is 0.733 bits per heavy atom. The third kappa shape index (κ3) is 5.06. The molecular formula is C23H44O5Si2. The topological polar surface area (TPSA) is 54.0 Å². The van der Waals surface area contributed by atoms with Crippen molar-refractivity contribution < 1.29 is 22.5 Å². The third-order valence-corrected chi connectivity index (χ3v) is 17.5. The molecule has 0 bridgehead atoms. The van der Waals surface area contributed by atoms with Crippen LogP contribution in [0.3, 0.4) is 0 Å². The molecule has 1 atom stereocenters. The first-order chi connectivity index (χ1) is 14.5. The van der Waals surface area contributed by atoms with E-state index < -0.39 is 17.1 Å². The molecule has 3 aliphatic carbocycles. The highest BCUT2D eigenvalue weighted by Gasteiger charge is 2.58. The Kier molecular flexibility index (Phi) is 9.02. The minimum Gasteiger partial charge on any atom is -0.518 e. The molecule has 0 spiro atoms. The van der Waals surface area contributed by atoms with E-state index >= 15 is 0 Å². The van der Waals surface area contributed by atoms with Crippen LogP contribution in [0.2, 0.25) is 22.7 Å². The van der Waals surface area contributed by atoms with E-state index in [1.807, 2.05) is 6.92 Å². The first-order valence-electron chi connectivity index (χ1n) is 12.4. The molecule has 0 aromatic carbocycles. The van der Waals surface area contributed by atoms with Gasteiger partial charge in [-0.05, 0) is 55.1 Å². The standard InChI is InChI=1S/C23H44O5Si2/c1-19(18-29(25-2,26-3)27-4)23(24)28-30(21-14-8-9-15-21,22-16-10-11-17-22)20-12-6-5-7-13-20/h19-22H,5-18H2,1-4H3. The van der Waals surface area contributed by atoms with Crippen LogP contribution in [0.5, 0.6) is 0 Å². The Hall–Kier alpha value is -0.216. The van der Waals surface area contributed by atoms with E-state index in [9.17, 15) is 4.79 Å². The van der Waals surface area contributed by atoms with Crippen molar-refractivity contribution in [1.82, 2.24) is 0 Å². The van der Waals surface area contributed by atoms with Gasteiger partial charge in [0.1, 0.15) is 0 Å². The summed E-state index contributed by atoms with van der Waals surface area (Å²) >= 11 is 0. The molecule has 0 aliphatic heterocycles. The quantitative estimate of drug-likeness (QED) is 0.366. The molecule has 0 saturated heterocycles. The van der Waals surface area contributed by atoms with Crippen LogP contribution >= 0.6 is 0 Å². The Labute approximate surface area is 186 Å². The molecule has 1 unspecified atom stereocenters. The van der Waals surface area contributed by atoms with E-state index in [-0.39, 0.29) is 11.9 Å². The van der Waals surface area contributed by atoms with Crippen molar-refractivity contribution in [3.8, 4) is 0 Å².